The lowest BCUT2D eigenvalue weighted by atomic mass is 10.1. The van der Waals surface area contributed by atoms with Gasteiger partial charge >= 0.3 is 0 Å². The van der Waals surface area contributed by atoms with E-state index in [-0.39, 0.29) is 6.04 Å². The maximum atomic E-state index is 6.00. The van der Waals surface area contributed by atoms with Gasteiger partial charge in [0.2, 0.25) is 0 Å². The molecule has 1 fully saturated rings. The van der Waals surface area contributed by atoms with Crippen LogP contribution in [-0.4, -0.2) is 26.9 Å². The van der Waals surface area contributed by atoms with E-state index < -0.39 is 0 Å². The van der Waals surface area contributed by atoms with Crippen molar-refractivity contribution < 1.29 is 9.47 Å². The van der Waals surface area contributed by atoms with Crippen LogP contribution in [0.5, 0.6) is 5.75 Å². The first-order valence-electron chi connectivity index (χ1n) is 8.28. The summed E-state index contributed by atoms with van der Waals surface area (Å²) >= 11 is 0. The molecule has 1 saturated carbocycles. The third-order valence-corrected chi connectivity index (χ3v) is 4.25. The van der Waals surface area contributed by atoms with E-state index in [1.807, 2.05) is 12.1 Å². The summed E-state index contributed by atoms with van der Waals surface area (Å²) in [6.45, 7) is 4.85. The van der Waals surface area contributed by atoms with E-state index >= 15 is 0 Å². The van der Waals surface area contributed by atoms with Crippen LogP contribution < -0.4 is 10.1 Å². The van der Waals surface area contributed by atoms with Crippen LogP contribution in [0.3, 0.4) is 0 Å². The molecule has 1 N–H and O–H groups in total. The van der Waals surface area contributed by atoms with Crippen molar-refractivity contribution in [3.05, 3.63) is 29.8 Å². The molecule has 0 saturated heterocycles. The SMILES string of the molecule is CCCNC(COCC1CCCC1)c1cccc(OC)c1. The van der Waals surface area contributed by atoms with Gasteiger partial charge in [0.25, 0.3) is 0 Å². The van der Waals surface area contributed by atoms with Gasteiger partial charge < -0.3 is 14.8 Å². The molecule has 1 atom stereocenters. The van der Waals surface area contributed by atoms with E-state index in [0.717, 1.165) is 37.8 Å². The van der Waals surface area contributed by atoms with Gasteiger partial charge in [0.15, 0.2) is 0 Å². The van der Waals surface area contributed by atoms with E-state index in [4.69, 9.17) is 9.47 Å². The second kappa shape index (κ2) is 9.06. The van der Waals surface area contributed by atoms with Gasteiger partial charge in [-0.1, -0.05) is 31.9 Å². The first-order valence-corrected chi connectivity index (χ1v) is 8.28. The highest BCUT2D eigenvalue weighted by Crippen LogP contribution is 2.25. The summed E-state index contributed by atoms with van der Waals surface area (Å²) in [5.41, 5.74) is 1.24. The summed E-state index contributed by atoms with van der Waals surface area (Å²) in [7, 11) is 1.71. The van der Waals surface area contributed by atoms with E-state index in [1.165, 1.54) is 31.2 Å². The van der Waals surface area contributed by atoms with Crippen LogP contribution in [0, 0.1) is 5.92 Å². The molecule has 3 heteroatoms. The first kappa shape index (κ1) is 16.3. The number of methoxy groups -OCH3 is 1. The van der Waals surface area contributed by atoms with Crippen LogP contribution in [0.15, 0.2) is 24.3 Å². The number of nitrogens with one attached hydrogen (secondary N) is 1. The van der Waals surface area contributed by atoms with Crippen LogP contribution >= 0.6 is 0 Å². The Morgan fingerprint density at radius 3 is 2.81 bits per heavy atom. The summed E-state index contributed by atoms with van der Waals surface area (Å²) < 4.78 is 11.3. The van der Waals surface area contributed by atoms with Crippen LogP contribution in [-0.2, 0) is 4.74 Å². The van der Waals surface area contributed by atoms with E-state index in [1.54, 1.807) is 7.11 Å². The average Bonchev–Trinajstić information content (AvgIpc) is 3.04. The lowest BCUT2D eigenvalue weighted by molar-refractivity contribution is 0.0827. The third kappa shape index (κ3) is 5.33. The normalized spacial score (nSPS) is 17.0. The predicted molar refractivity (Wildman–Crippen MR) is 86.8 cm³/mol. The summed E-state index contributed by atoms with van der Waals surface area (Å²) in [6.07, 6.45) is 6.56. The van der Waals surface area contributed by atoms with Gasteiger partial charge in [0.1, 0.15) is 5.75 Å². The predicted octanol–water partition coefficient (Wildman–Crippen LogP) is 3.94. The summed E-state index contributed by atoms with van der Waals surface area (Å²) in [6, 6.07) is 8.54. The first-order chi connectivity index (χ1) is 10.3. The summed E-state index contributed by atoms with van der Waals surface area (Å²) in [5, 5.41) is 3.58. The fraction of sp³-hybridized carbons (Fsp3) is 0.667. The molecule has 0 amide bonds. The molecular weight excluding hydrogens is 262 g/mol. The molecule has 1 aromatic rings. The van der Waals surface area contributed by atoms with Crippen molar-refractivity contribution >= 4 is 0 Å². The van der Waals surface area contributed by atoms with Crippen LogP contribution in [0.25, 0.3) is 0 Å². The van der Waals surface area contributed by atoms with Crippen molar-refractivity contribution in [2.75, 3.05) is 26.9 Å². The fourth-order valence-corrected chi connectivity index (χ4v) is 2.98. The highest BCUT2D eigenvalue weighted by molar-refractivity contribution is 5.30. The van der Waals surface area contributed by atoms with Crippen LogP contribution in [0.4, 0.5) is 0 Å². The standard InChI is InChI=1S/C18H29NO2/c1-3-11-19-18(14-21-13-15-7-4-5-8-15)16-9-6-10-17(12-16)20-2/h6,9-10,12,15,18-19H,3-5,7-8,11,13-14H2,1-2H3. The Labute approximate surface area is 129 Å². The second-order valence-corrected chi connectivity index (χ2v) is 5.97. The maximum Gasteiger partial charge on any atom is 0.119 e. The second-order valence-electron chi connectivity index (χ2n) is 5.97. The Morgan fingerprint density at radius 2 is 2.10 bits per heavy atom. The minimum atomic E-state index is 0.251. The van der Waals surface area contributed by atoms with Gasteiger partial charge in [-0.25, -0.2) is 0 Å². The molecule has 0 heterocycles. The van der Waals surface area contributed by atoms with Gasteiger partial charge in [0, 0.05) is 6.61 Å². The molecule has 118 valence electrons. The summed E-state index contributed by atoms with van der Waals surface area (Å²) in [5.74, 6) is 1.69. The maximum absolute atomic E-state index is 6.00. The molecule has 1 aliphatic carbocycles. The van der Waals surface area contributed by atoms with Crippen molar-refractivity contribution in [2.45, 2.75) is 45.1 Å². The fourth-order valence-electron chi connectivity index (χ4n) is 2.98. The van der Waals surface area contributed by atoms with Crippen molar-refractivity contribution in [1.82, 2.24) is 5.32 Å². The largest absolute Gasteiger partial charge is 0.497 e. The van der Waals surface area contributed by atoms with E-state index in [9.17, 15) is 0 Å². The van der Waals surface area contributed by atoms with E-state index in [0.29, 0.717) is 0 Å². The summed E-state index contributed by atoms with van der Waals surface area (Å²) in [4.78, 5) is 0. The lowest BCUT2D eigenvalue weighted by Crippen LogP contribution is -2.27. The van der Waals surface area contributed by atoms with Gasteiger partial charge in [-0.2, -0.15) is 0 Å². The Balaban J connectivity index is 1.89. The minimum absolute atomic E-state index is 0.251. The quantitative estimate of drug-likeness (QED) is 0.747. The zero-order chi connectivity index (χ0) is 14.9. The zero-order valence-corrected chi connectivity index (χ0v) is 13.4. The van der Waals surface area contributed by atoms with Gasteiger partial charge in [0.05, 0.1) is 19.8 Å². The Morgan fingerprint density at radius 1 is 1.29 bits per heavy atom. The average molecular weight is 291 g/mol. The van der Waals surface area contributed by atoms with Crippen molar-refractivity contribution in [3.8, 4) is 5.75 Å². The molecule has 1 aromatic carbocycles. The molecular formula is C18H29NO2. The zero-order valence-electron chi connectivity index (χ0n) is 13.4. The molecule has 0 bridgehead atoms. The molecule has 0 spiro atoms. The molecule has 0 radical (unpaired) electrons. The Hall–Kier alpha value is -1.06. The number of rotatable bonds is 9. The van der Waals surface area contributed by atoms with Crippen LogP contribution in [0.2, 0.25) is 0 Å². The number of hydrogen-bond acceptors (Lipinski definition) is 3. The third-order valence-electron chi connectivity index (χ3n) is 4.25. The lowest BCUT2D eigenvalue weighted by Gasteiger charge is -2.21. The van der Waals surface area contributed by atoms with Gasteiger partial charge in [-0.15, -0.1) is 0 Å². The molecule has 21 heavy (non-hydrogen) atoms. The molecule has 3 nitrogen and oxygen atoms in total. The van der Waals surface area contributed by atoms with Crippen molar-refractivity contribution in [1.29, 1.82) is 0 Å². The number of benzene rings is 1. The van der Waals surface area contributed by atoms with E-state index in [2.05, 4.69) is 24.4 Å². The molecule has 2 rings (SSSR count). The molecule has 1 unspecified atom stereocenters. The number of ether oxygens (including phenoxy) is 2. The monoisotopic (exact) mass is 291 g/mol. The topological polar surface area (TPSA) is 30.5 Å². The highest BCUT2D eigenvalue weighted by Gasteiger charge is 2.17. The van der Waals surface area contributed by atoms with Crippen LogP contribution in [0.1, 0.15) is 50.6 Å². The Kier molecular flexibility index (Phi) is 7.04. The molecule has 0 aliphatic heterocycles. The van der Waals surface area contributed by atoms with Gasteiger partial charge in [-0.05, 0) is 49.4 Å². The molecule has 0 aromatic heterocycles. The molecule has 1 aliphatic rings. The number of hydrogen-bond donors (Lipinski definition) is 1. The van der Waals surface area contributed by atoms with Crippen molar-refractivity contribution in [3.63, 3.8) is 0 Å². The minimum Gasteiger partial charge on any atom is -0.497 e. The smallest absolute Gasteiger partial charge is 0.119 e. The Bertz CT molecular complexity index is 402. The van der Waals surface area contributed by atoms with Crippen molar-refractivity contribution in [2.24, 2.45) is 5.92 Å². The highest BCUT2D eigenvalue weighted by atomic mass is 16.5. The van der Waals surface area contributed by atoms with Gasteiger partial charge in [-0.3, -0.25) is 0 Å².